The summed E-state index contributed by atoms with van der Waals surface area (Å²) in [7, 11) is 3.97. The molecular formula is C22H31N9O. The zero-order valence-corrected chi connectivity index (χ0v) is 18.7. The van der Waals surface area contributed by atoms with E-state index in [4.69, 9.17) is 11.1 Å². The van der Waals surface area contributed by atoms with E-state index in [1.165, 1.54) is 18.8 Å². The van der Waals surface area contributed by atoms with E-state index < -0.39 is 5.91 Å². The number of hydrazone groups is 1. The van der Waals surface area contributed by atoms with Crippen LogP contribution in [-0.4, -0.2) is 54.5 Å². The number of likely N-dealkylation sites (N-methyl/N-ethyl adjacent to an activating group) is 2. The topological polar surface area (TPSA) is 144 Å². The molecule has 0 unspecified atom stereocenters. The molecule has 2 atom stereocenters. The van der Waals surface area contributed by atoms with Crippen molar-refractivity contribution in [3.8, 4) is 0 Å². The highest BCUT2D eigenvalue weighted by Crippen LogP contribution is 2.28. The van der Waals surface area contributed by atoms with Crippen molar-refractivity contribution in [3.05, 3.63) is 35.5 Å². The second-order valence-corrected chi connectivity index (χ2v) is 7.87. The number of benzene rings is 1. The van der Waals surface area contributed by atoms with Crippen LogP contribution >= 0.6 is 0 Å². The van der Waals surface area contributed by atoms with Crippen LogP contribution in [0.1, 0.15) is 41.6 Å². The molecule has 1 saturated carbocycles. The maximum Gasteiger partial charge on any atom is 0.254 e. The predicted molar refractivity (Wildman–Crippen MR) is 129 cm³/mol. The van der Waals surface area contributed by atoms with E-state index in [0.717, 1.165) is 42.4 Å². The molecule has 10 heteroatoms. The van der Waals surface area contributed by atoms with Gasteiger partial charge in [0.2, 0.25) is 5.95 Å². The summed E-state index contributed by atoms with van der Waals surface area (Å²) in [6.45, 7) is 1.95. The lowest BCUT2D eigenvalue weighted by atomic mass is 9.89. The van der Waals surface area contributed by atoms with Gasteiger partial charge in [-0.15, -0.1) is 0 Å². The van der Waals surface area contributed by atoms with Crippen molar-refractivity contribution in [2.75, 3.05) is 29.7 Å². The van der Waals surface area contributed by atoms with Crippen molar-refractivity contribution < 1.29 is 4.79 Å². The highest BCUT2D eigenvalue weighted by atomic mass is 16.1. The zero-order valence-electron chi connectivity index (χ0n) is 18.7. The van der Waals surface area contributed by atoms with Crippen molar-refractivity contribution in [1.82, 2.24) is 15.3 Å². The first-order chi connectivity index (χ1) is 15.4. The molecule has 2 aromatic rings. The van der Waals surface area contributed by atoms with Crippen LogP contribution in [0.2, 0.25) is 0 Å². The van der Waals surface area contributed by atoms with Gasteiger partial charge in [-0.25, -0.2) is 4.98 Å². The molecule has 10 nitrogen and oxygen atoms in total. The molecule has 170 valence electrons. The lowest BCUT2D eigenvalue weighted by Crippen LogP contribution is -2.50. The average Bonchev–Trinajstić information content (AvgIpc) is 2.80. The number of nitrogens with one attached hydrogen (secondary N) is 4. The minimum absolute atomic E-state index is 0.218. The standard InChI is InChI=1S/C22H31N9O/c1-14-8-9-15(30-27-11-10-23)12-18(14)28-21-16(20(24)32)13-26-22(29-21)31(3)19-7-5-4-6-17(19)25-2/h8-13,17,19,23,25,30H,4-7H2,1-3H3,(H2,24,32)(H,26,28,29)/b23-10?,27-11-/t17-,19+/m0/s1. The van der Waals surface area contributed by atoms with Gasteiger partial charge in [-0.1, -0.05) is 18.9 Å². The molecule has 1 aliphatic rings. The minimum Gasteiger partial charge on any atom is -0.365 e. The summed E-state index contributed by atoms with van der Waals surface area (Å²) in [5, 5.41) is 17.6. The van der Waals surface area contributed by atoms with Crippen molar-refractivity contribution in [2.24, 2.45) is 10.8 Å². The number of amides is 1. The smallest absolute Gasteiger partial charge is 0.254 e. The number of carbonyl (C=O) groups is 1. The highest BCUT2D eigenvalue weighted by Gasteiger charge is 2.29. The first-order valence-electron chi connectivity index (χ1n) is 10.7. The molecule has 0 bridgehead atoms. The first kappa shape index (κ1) is 23.1. The van der Waals surface area contributed by atoms with Gasteiger partial charge in [-0.3, -0.25) is 10.2 Å². The SMILES string of the molecule is CN[C@H]1CCCC[C@H]1N(C)c1ncc(C(N)=O)c(Nc2cc(N/N=C\C=N)ccc2C)n1. The Morgan fingerprint density at radius 1 is 1.34 bits per heavy atom. The van der Waals surface area contributed by atoms with E-state index in [0.29, 0.717) is 17.8 Å². The number of nitrogens with two attached hydrogens (primary N) is 1. The molecule has 0 saturated heterocycles. The van der Waals surface area contributed by atoms with E-state index in [2.05, 4.69) is 36.0 Å². The van der Waals surface area contributed by atoms with Gasteiger partial charge in [-0.2, -0.15) is 10.1 Å². The van der Waals surface area contributed by atoms with E-state index in [-0.39, 0.29) is 11.6 Å². The van der Waals surface area contributed by atoms with E-state index in [9.17, 15) is 4.79 Å². The van der Waals surface area contributed by atoms with Gasteiger partial charge >= 0.3 is 0 Å². The number of primary amides is 1. The Kier molecular flexibility index (Phi) is 7.72. The van der Waals surface area contributed by atoms with E-state index in [1.54, 1.807) is 0 Å². The minimum atomic E-state index is -0.602. The van der Waals surface area contributed by atoms with Gasteiger partial charge in [0.1, 0.15) is 11.4 Å². The van der Waals surface area contributed by atoms with Crippen LogP contribution in [0, 0.1) is 12.3 Å². The molecule has 0 aliphatic heterocycles. The first-order valence-corrected chi connectivity index (χ1v) is 10.7. The second kappa shape index (κ2) is 10.7. The Labute approximate surface area is 188 Å². The Morgan fingerprint density at radius 3 is 2.84 bits per heavy atom. The summed E-state index contributed by atoms with van der Waals surface area (Å²) in [6.07, 6.45) is 8.43. The largest absolute Gasteiger partial charge is 0.365 e. The summed E-state index contributed by atoms with van der Waals surface area (Å²) in [6, 6.07) is 6.27. The summed E-state index contributed by atoms with van der Waals surface area (Å²) < 4.78 is 0. The Morgan fingerprint density at radius 2 is 2.12 bits per heavy atom. The molecule has 1 aromatic heterocycles. The van der Waals surface area contributed by atoms with Crippen LogP contribution in [0.25, 0.3) is 0 Å². The molecule has 1 aliphatic carbocycles. The lowest BCUT2D eigenvalue weighted by Gasteiger charge is -2.38. The fourth-order valence-corrected chi connectivity index (χ4v) is 3.98. The molecule has 1 amide bonds. The third-order valence-corrected chi connectivity index (χ3v) is 5.79. The number of aryl methyl sites for hydroxylation is 1. The fraction of sp³-hybridized carbons (Fsp3) is 0.409. The number of hydrogen-bond acceptors (Lipinski definition) is 9. The van der Waals surface area contributed by atoms with Gasteiger partial charge in [0.05, 0.1) is 11.9 Å². The van der Waals surface area contributed by atoms with Gasteiger partial charge in [-0.05, 0) is 44.5 Å². The predicted octanol–water partition coefficient (Wildman–Crippen LogP) is 2.64. The monoisotopic (exact) mass is 437 g/mol. The van der Waals surface area contributed by atoms with Crippen LogP contribution in [0.5, 0.6) is 0 Å². The number of rotatable bonds is 9. The molecule has 6 N–H and O–H groups in total. The molecule has 0 radical (unpaired) electrons. The second-order valence-electron chi connectivity index (χ2n) is 7.87. The Bertz CT molecular complexity index is 991. The average molecular weight is 438 g/mol. The molecular weight excluding hydrogens is 406 g/mol. The molecule has 32 heavy (non-hydrogen) atoms. The van der Waals surface area contributed by atoms with Crippen LogP contribution in [0.4, 0.5) is 23.1 Å². The molecule has 1 fully saturated rings. The maximum atomic E-state index is 12.0. The number of hydrogen-bond donors (Lipinski definition) is 5. The van der Waals surface area contributed by atoms with Crippen molar-refractivity contribution in [3.63, 3.8) is 0 Å². The third kappa shape index (κ3) is 5.38. The molecule has 1 aromatic carbocycles. The fourth-order valence-electron chi connectivity index (χ4n) is 3.98. The van der Waals surface area contributed by atoms with Crippen molar-refractivity contribution >= 4 is 41.5 Å². The summed E-state index contributed by atoms with van der Waals surface area (Å²) in [5.41, 5.74) is 11.1. The summed E-state index contributed by atoms with van der Waals surface area (Å²) >= 11 is 0. The maximum absolute atomic E-state index is 12.0. The van der Waals surface area contributed by atoms with Gasteiger partial charge in [0, 0.05) is 37.2 Å². The van der Waals surface area contributed by atoms with Crippen LogP contribution < -0.4 is 26.7 Å². The van der Waals surface area contributed by atoms with Crippen LogP contribution in [0.3, 0.4) is 0 Å². The van der Waals surface area contributed by atoms with Crippen LogP contribution in [-0.2, 0) is 0 Å². The van der Waals surface area contributed by atoms with Crippen LogP contribution in [0.15, 0.2) is 29.5 Å². The van der Waals surface area contributed by atoms with Gasteiger partial charge in [0.25, 0.3) is 5.91 Å². The van der Waals surface area contributed by atoms with Gasteiger partial charge in [0.15, 0.2) is 0 Å². The van der Waals surface area contributed by atoms with E-state index >= 15 is 0 Å². The Hall–Kier alpha value is -3.53. The summed E-state index contributed by atoms with van der Waals surface area (Å²) in [5.74, 6) is 0.288. The molecule has 0 spiro atoms. The molecule has 1 heterocycles. The Balaban J connectivity index is 1.92. The normalized spacial score (nSPS) is 18.3. The van der Waals surface area contributed by atoms with Crippen molar-refractivity contribution in [1.29, 1.82) is 5.41 Å². The zero-order chi connectivity index (χ0) is 23.1. The third-order valence-electron chi connectivity index (χ3n) is 5.79. The van der Waals surface area contributed by atoms with Gasteiger partial charge < -0.3 is 26.7 Å². The lowest BCUT2D eigenvalue weighted by molar-refractivity contribution is 0.100. The highest BCUT2D eigenvalue weighted by molar-refractivity contribution is 6.14. The number of aromatic nitrogens is 2. The number of anilines is 4. The van der Waals surface area contributed by atoms with E-state index in [1.807, 2.05) is 39.2 Å². The summed E-state index contributed by atoms with van der Waals surface area (Å²) in [4.78, 5) is 23.2. The van der Waals surface area contributed by atoms with Crippen molar-refractivity contribution in [2.45, 2.75) is 44.7 Å². The quantitative estimate of drug-likeness (QED) is 0.299. The molecule has 3 rings (SSSR count). The number of carbonyl (C=O) groups excluding carboxylic acids is 1. The number of nitrogens with zero attached hydrogens (tertiary/aromatic N) is 4.